The van der Waals surface area contributed by atoms with E-state index in [0.717, 1.165) is 6.54 Å². The molecule has 15 heavy (non-hydrogen) atoms. The molecule has 1 atom stereocenters. The van der Waals surface area contributed by atoms with Gasteiger partial charge in [0.25, 0.3) is 0 Å². The smallest absolute Gasteiger partial charge is 0.303 e. The number of hydrogen-bond donors (Lipinski definition) is 1. The van der Waals surface area contributed by atoms with Gasteiger partial charge < -0.3 is 5.11 Å². The largest absolute Gasteiger partial charge is 0.481 e. The summed E-state index contributed by atoms with van der Waals surface area (Å²) in [4.78, 5) is 13.9. The van der Waals surface area contributed by atoms with Gasteiger partial charge in [-0.2, -0.15) is 0 Å². The normalized spacial score (nSPS) is 13.0. The maximum Gasteiger partial charge on any atom is 0.303 e. The van der Waals surface area contributed by atoms with Gasteiger partial charge in [-0.05, 0) is 31.8 Å². The minimum atomic E-state index is -0.716. The van der Waals surface area contributed by atoms with Crippen LogP contribution in [0.25, 0.3) is 0 Å². The monoisotopic (exact) mass is 227 g/mol. The average Bonchev–Trinajstić information content (AvgIpc) is 2.66. The Morgan fingerprint density at radius 1 is 1.67 bits per heavy atom. The highest BCUT2D eigenvalue weighted by Crippen LogP contribution is 2.14. The van der Waals surface area contributed by atoms with Crippen molar-refractivity contribution in [3.63, 3.8) is 0 Å². The predicted octanol–water partition coefficient (Wildman–Crippen LogP) is 2.43. The molecule has 0 spiro atoms. The molecule has 3 nitrogen and oxygen atoms in total. The first kappa shape index (κ1) is 12.2. The highest BCUT2D eigenvalue weighted by atomic mass is 32.1. The summed E-state index contributed by atoms with van der Waals surface area (Å²) < 4.78 is 0. The lowest BCUT2D eigenvalue weighted by molar-refractivity contribution is -0.137. The van der Waals surface area contributed by atoms with Crippen molar-refractivity contribution in [3.8, 4) is 0 Å². The molecule has 0 aliphatic heterocycles. The number of carbonyl (C=O) groups is 1. The van der Waals surface area contributed by atoms with Gasteiger partial charge in [-0.3, -0.25) is 9.69 Å². The van der Waals surface area contributed by atoms with Gasteiger partial charge in [-0.15, -0.1) is 11.3 Å². The summed E-state index contributed by atoms with van der Waals surface area (Å²) >= 11 is 1.74. The van der Waals surface area contributed by atoms with Crippen molar-refractivity contribution in [2.24, 2.45) is 0 Å². The van der Waals surface area contributed by atoms with Crippen LogP contribution in [0.1, 0.15) is 24.6 Å². The van der Waals surface area contributed by atoms with Crippen LogP contribution in [0.3, 0.4) is 0 Å². The van der Waals surface area contributed by atoms with Crippen LogP contribution in [0.5, 0.6) is 0 Å². The van der Waals surface area contributed by atoms with E-state index < -0.39 is 5.97 Å². The summed E-state index contributed by atoms with van der Waals surface area (Å²) in [5.41, 5.74) is 0. The van der Waals surface area contributed by atoms with E-state index in [2.05, 4.69) is 23.3 Å². The molecule has 1 rings (SSSR count). The van der Waals surface area contributed by atoms with E-state index in [1.165, 1.54) is 4.88 Å². The second-order valence-electron chi connectivity index (χ2n) is 3.78. The Labute approximate surface area is 94.3 Å². The summed E-state index contributed by atoms with van der Waals surface area (Å²) in [7, 11) is 2.03. The van der Waals surface area contributed by atoms with Gasteiger partial charge in [0.2, 0.25) is 0 Å². The third-order valence-corrected chi connectivity index (χ3v) is 3.37. The summed E-state index contributed by atoms with van der Waals surface area (Å²) in [5, 5.41) is 10.6. The molecule has 1 aromatic heterocycles. The maximum atomic E-state index is 10.4. The van der Waals surface area contributed by atoms with Gasteiger partial charge in [-0.25, -0.2) is 0 Å². The molecule has 4 heteroatoms. The standard InChI is InChI=1S/C11H17NO2S/c1-9(5-6-11(13)14)12(2)8-10-4-3-7-15-10/h3-4,7,9H,5-6,8H2,1-2H3,(H,13,14). The Kier molecular flexibility index (Phi) is 4.78. The van der Waals surface area contributed by atoms with Gasteiger partial charge in [0, 0.05) is 23.9 Å². The van der Waals surface area contributed by atoms with Crippen LogP contribution in [0.2, 0.25) is 0 Å². The lowest BCUT2D eigenvalue weighted by atomic mass is 10.1. The molecule has 1 aromatic rings. The van der Waals surface area contributed by atoms with Crippen LogP contribution >= 0.6 is 11.3 Å². The van der Waals surface area contributed by atoms with Crippen molar-refractivity contribution in [1.29, 1.82) is 0 Å². The molecule has 0 aliphatic carbocycles. The minimum absolute atomic E-state index is 0.246. The van der Waals surface area contributed by atoms with Gasteiger partial charge in [0.1, 0.15) is 0 Å². The zero-order valence-electron chi connectivity index (χ0n) is 9.14. The molecule has 1 N–H and O–H groups in total. The maximum absolute atomic E-state index is 10.4. The second-order valence-corrected chi connectivity index (χ2v) is 4.81. The topological polar surface area (TPSA) is 40.5 Å². The second kappa shape index (κ2) is 5.88. The third kappa shape index (κ3) is 4.44. The zero-order chi connectivity index (χ0) is 11.3. The summed E-state index contributed by atoms with van der Waals surface area (Å²) in [6.07, 6.45) is 0.952. The van der Waals surface area contributed by atoms with E-state index in [-0.39, 0.29) is 6.42 Å². The van der Waals surface area contributed by atoms with Crippen molar-refractivity contribution in [2.75, 3.05) is 7.05 Å². The molecule has 0 saturated heterocycles. The van der Waals surface area contributed by atoms with Crippen LogP contribution in [-0.2, 0) is 11.3 Å². The van der Waals surface area contributed by atoms with Gasteiger partial charge in [0.15, 0.2) is 0 Å². The summed E-state index contributed by atoms with van der Waals surface area (Å²) in [6.45, 7) is 2.97. The van der Waals surface area contributed by atoms with Crippen LogP contribution < -0.4 is 0 Å². The first-order valence-corrected chi connectivity index (χ1v) is 5.92. The van der Waals surface area contributed by atoms with Crippen LogP contribution in [0.15, 0.2) is 17.5 Å². The number of aliphatic carboxylic acids is 1. The predicted molar refractivity (Wildman–Crippen MR) is 62.1 cm³/mol. The molecular weight excluding hydrogens is 210 g/mol. The molecule has 0 radical (unpaired) electrons. The van der Waals surface area contributed by atoms with E-state index in [4.69, 9.17) is 5.11 Å². The Balaban J connectivity index is 2.33. The van der Waals surface area contributed by atoms with E-state index in [1.807, 2.05) is 13.1 Å². The van der Waals surface area contributed by atoms with Crippen molar-refractivity contribution < 1.29 is 9.90 Å². The van der Waals surface area contributed by atoms with Crippen molar-refractivity contribution >= 4 is 17.3 Å². The molecule has 0 aliphatic rings. The van der Waals surface area contributed by atoms with Gasteiger partial charge in [0.05, 0.1) is 0 Å². The van der Waals surface area contributed by atoms with Crippen molar-refractivity contribution in [2.45, 2.75) is 32.4 Å². The summed E-state index contributed by atoms with van der Waals surface area (Å²) in [5.74, 6) is -0.716. The lowest BCUT2D eigenvalue weighted by Crippen LogP contribution is -2.28. The molecule has 0 fully saturated rings. The Bertz CT molecular complexity index is 298. The zero-order valence-corrected chi connectivity index (χ0v) is 9.96. The third-order valence-electron chi connectivity index (χ3n) is 2.51. The van der Waals surface area contributed by atoms with E-state index in [9.17, 15) is 4.79 Å². The highest BCUT2D eigenvalue weighted by molar-refractivity contribution is 7.09. The fraction of sp³-hybridized carbons (Fsp3) is 0.545. The molecule has 1 unspecified atom stereocenters. The molecule has 0 amide bonds. The van der Waals surface area contributed by atoms with Crippen molar-refractivity contribution in [3.05, 3.63) is 22.4 Å². The molecule has 0 saturated carbocycles. The summed E-state index contributed by atoms with van der Waals surface area (Å²) in [6, 6.07) is 4.45. The van der Waals surface area contributed by atoms with E-state index in [0.29, 0.717) is 12.5 Å². The molecule has 84 valence electrons. The Morgan fingerprint density at radius 3 is 2.93 bits per heavy atom. The highest BCUT2D eigenvalue weighted by Gasteiger charge is 2.11. The number of nitrogens with zero attached hydrogens (tertiary/aromatic N) is 1. The SMILES string of the molecule is CC(CCC(=O)O)N(C)Cc1cccs1. The number of rotatable bonds is 6. The molecule has 0 bridgehead atoms. The number of hydrogen-bond acceptors (Lipinski definition) is 3. The quantitative estimate of drug-likeness (QED) is 0.811. The first-order chi connectivity index (χ1) is 7.09. The van der Waals surface area contributed by atoms with Gasteiger partial charge >= 0.3 is 5.97 Å². The fourth-order valence-corrected chi connectivity index (χ4v) is 2.12. The Morgan fingerprint density at radius 2 is 2.40 bits per heavy atom. The van der Waals surface area contributed by atoms with Crippen molar-refractivity contribution in [1.82, 2.24) is 4.90 Å². The van der Waals surface area contributed by atoms with E-state index in [1.54, 1.807) is 11.3 Å². The van der Waals surface area contributed by atoms with Gasteiger partial charge in [-0.1, -0.05) is 6.07 Å². The molecular formula is C11H17NO2S. The number of thiophene rings is 1. The van der Waals surface area contributed by atoms with Crippen LogP contribution in [0.4, 0.5) is 0 Å². The number of carboxylic acids is 1. The van der Waals surface area contributed by atoms with E-state index >= 15 is 0 Å². The first-order valence-electron chi connectivity index (χ1n) is 5.04. The molecule has 0 aromatic carbocycles. The van der Waals surface area contributed by atoms with Crippen LogP contribution in [-0.4, -0.2) is 29.1 Å². The number of carboxylic acid groups (broad SMARTS) is 1. The average molecular weight is 227 g/mol. The minimum Gasteiger partial charge on any atom is -0.481 e. The fourth-order valence-electron chi connectivity index (χ4n) is 1.36. The Hall–Kier alpha value is -0.870. The lowest BCUT2D eigenvalue weighted by Gasteiger charge is -2.23. The van der Waals surface area contributed by atoms with Crippen LogP contribution in [0, 0.1) is 0 Å². The molecule has 1 heterocycles.